The molecule has 0 atom stereocenters. The topological polar surface area (TPSA) is 36.4 Å². The summed E-state index contributed by atoms with van der Waals surface area (Å²) >= 11 is 1.88. The van der Waals surface area contributed by atoms with Crippen LogP contribution in [0, 0.1) is 5.82 Å². The molecule has 132 valence electrons. The fraction of sp³-hybridized carbons (Fsp3) is 0.588. The van der Waals surface area contributed by atoms with Crippen LogP contribution < -0.4 is 10.6 Å². The lowest BCUT2D eigenvalue weighted by molar-refractivity contribution is 0.506. The van der Waals surface area contributed by atoms with Gasteiger partial charge in [0.1, 0.15) is 5.82 Å². The van der Waals surface area contributed by atoms with Gasteiger partial charge >= 0.3 is 0 Å². The highest BCUT2D eigenvalue weighted by atomic mass is 127. The molecule has 0 fully saturated rings. The van der Waals surface area contributed by atoms with Crippen molar-refractivity contribution in [3.8, 4) is 0 Å². The molecule has 0 spiro atoms. The van der Waals surface area contributed by atoms with E-state index in [1.54, 1.807) is 7.05 Å². The van der Waals surface area contributed by atoms with Crippen molar-refractivity contribution in [2.24, 2.45) is 4.99 Å². The van der Waals surface area contributed by atoms with Gasteiger partial charge in [-0.15, -0.1) is 24.0 Å². The zero-order valence-electron chi connectivity index (χ0n) is 14.5. The van der Waals surface area contributed by atoms with E-state index >= 15 is 0 Å². The van der Waals surface area contributed by atoms with Crippen molar-refractivity contribution in [2.45, 2.75) is 32.1 Å². The van der Waals surface area contributed by atoms with Crippen LogP contribution in [0.3, 0.4) is 0 Å². The van der Waals surface area contributed by atoms with Crippen molar-refractivity contribution in [1.29, 1.82) is 0 Å². The number of halogens is 2. The highest BCUT2D eigenvalue weighted by Gasteiger charge is 2.20. The average Bonchev–Trinajstić information content (AvgIpc) is 2.50. The van der Waals surface area contributed by atoms with E-state index in [2.05, 4.69) is 35.7 Å². The summed E-state index contributed by atoms with van der Waals surface area (Å²) in [5, 5.41) is 6.68. The number of guanidine groups is 1. The molecular weight excluding hydrogens is 424 g/mol. The lowest BCUT2D eigenvalue weighted by Crippen LogP contribution is -2.43. The Labute approximate surface area is 161 Å². The van der Waals surface area contributed by atoms with E-state index in [1.807, 2.05) is 23.9 Å². The average molecular weight is 453 g/mol. The Hall–Kier alpha value is -0.500. The summed E-state index contributed by atoms with van der Waals surface area (Å²) in [5.41, 5.74) is 1.02. The summed E-state index contributed by atoms with van der Waals surface area (Å²) in [5.74, 6) is 1.82. The molecule has 6 heteroatoms. The molecule has 0 aromatic heterocycles. The number of unbranched alkanes of at least 4 members (excludes halogenated alkanes) is 1. The Kier molecular flexibility index (Phi) is 11.7. The summed E-state index contributed by atoms with van der Waals surface area (Å²) < 4.78 is 13.0. The minimum atomic E-state index is -0.199. The lowest BCUT2D eigenvalue weighted by atomic mass is 9.84. The predicted octanol–water partition coefficient (Wildman–Crippen LogP) is 4.03. The molecule has 1 aromatic rings. The summed E-state index contributed by atoms with van der Waals surface area (Å²) in [6, 6.07) is 6.71. The van der Waals surface area contributed by atoms with Crippen LogP contribution in [0.4, 0.5) is 4.39 Å². The van der Waals surface area contributed by atoms with Crippen LogP contribution in [-0.4, -0.2) is 38.1 Å². The van der Waals surface area contributed by atoms with E-state index < -0.39 is 0 Å². The van der Waals surface area contributed by atoms with Gasteiger partial charge in [-0.1, -0.05) is 26.0 Å². The molecule has 0 saturated heterocycles. The van der Waals surface area contributed by atoms with Crippen molar-refractivity contribution in [1.82, 2.24) is 10.6 Å². The number of aliphatic imine (C=N–C) groups is 1. The highest BCUT2D eigenvalue weighted by molar-refractivity contribution is 14.0. The molecule has 0 bridgehead atoms. The second-order valence-electron chi connectivity index (χ2n) is 5.94. The van der Waals surface area contributed by atoms with Crippen LogP contribution in [0.5, 0.6) is 0 Å². The van der Waals surface area contributed by atoms with Gasteiger partial charge in [0.25, 0.3) is 0 Å². The minimum absolute atomic E-state index is 0. The van der Waals surface area contributed by atoms with E-state index in [9.17, 15) is 4.39 Å². The molecule has 0 unspecified atom stereocenters. The molecule has 0 saturated carbocycles. The Bertz CT molecular complexity index is 463. The normalized spacial score (nSPS) is 11.8. The summed E-state index contributed by atoms with van der Waals surface area (Å²) in [7, 11) is 1.78. The van der Waals surface area contributed by atoms with Gasteiger partial charge in [0.15, 0.2) is 5.96 Å². The van der Waals surface area contributed by atoms with Gasteiger partial charge in [0, 0.05) is 25.6 Å². The maximum Gasteiger partial charge on any atom is 0.191 e. The van der Waals surface area contributed by atoms with Crippen LogP contribution in [0.1, 0.15) is 32.3 Å². The number of nitrogens with one attached hydrogen (secondary N) is 2. The van der Waals surface area contributed by atoms with E-state index in [1.165, 1.54) is 24.3 Å². The third kappa shape index (κ3) is 8.79. The van der Waals surface area contributed by atoms with Gasteiger partial charge < -0.3 is 10.6 Å². The predicted molar refractivity (Wildman–Crippen MR) is 112 cm³/mol. The first-order valence-corrected chi connectivity index (χ1v) is 9.08. The van der Waals surface area contributed by atoms with Crippen LogP contribution in [0.2, 0.25) is 0 Å². The van der Waals surface area contributed by atoms with Crippen LogP contribution in [0.15, 0.2) is 29.3 Å². The van der Waals surface area contributed by atoms with Crippen molar-refractivity contribution < 1.29 is 4.39 Å². The maximum atomic E-state index is 13.0. The van der Waals surface area contributed by atoms with Crippen molar-refractivity contribution in [3.05, 3.63) is 35.6 Å². The molecule has 0 radical (unpaired) electrons. The molecule has 23 heavy (non-hydrogen) atoms. The Morgan fingerprint density at radius 3 is 2.39 bits per heavy atom. The largest absolute Gasteiger partial charge is 0.356 e. The zero-order valence-corrected chi connectivity index (χ0v) is 17.6. The van der Waals surface area contributed by atoms with E-state index in [0.717, 1.165) is 31.0 Å². The Morgan fingerprint density at radius 1 is 1.17 bits per heavy atom. The second-order valence-corrected chi connectivity index (χ2v) is 6.93. The molecule has 1 aromatic carbocycles. The number of benzene rings is 1. The lowest BCUT2D eigenvalue weighted by Gasteiger charge is -2.26. The van der Waals surface area contributed by atoms with Gasteiger partial charge in [-0.25, -0.2) is 4.39 Å². The molecule has 3 nitrogen and oxygen atoms in total. The van der Waals surface area contributed by atoms with Crippen LogP contribution in [-0.2, 0) is 5.41 Å². The molecule has 0 heterocycles. The van der Waals surface area contributed by atoms with Crippen molar-refractivity contribution in [3.63, 3.8) is 0 Å². The first-order chi connectivity index (χ1) is 10.5. The fourth-order valence-corrected chi connectivity index (χ4v) is 2.60. The number of thioether (sulfide) groups is 1. The van der Waals surface area contributed by atoms with Crippen molar-refractivity contribution >= 4 is 41.7 Å². The SMILES string of the molecule is CN=C(NCCCCSC)NCC(C)(C)c1ccc(F)cc1.I. The van der Waals surface area contributed by atoms with Crippen molar-refractivity contribution in [2.75, 3.05) is 32.1 Å². The van der Waals surface area contributed by atoms with Gasteiger partial charge in [-0.2, -0.15) is 11.8 Å². The number of hydrogen-bond donors (Lipinski definition) is 2. The van der Waals surface area contributed by atoms with Gasteiger partial charge in [-0.05, 0) is 42.5 Å². The Balaban J connectivity index is 0.00000484. The molecule has 0 aliphatic heterocycles. The summed E-state index contributed by atoms with van der Waals surface area (Å²) in [6.07, 6.45) is 4.49. The van der Waals surface area contributed by atoms with E-state index in [-0.39, 0.29) is 35.2 Å². The van der Waals surface area contributed by atoms with Crippen LogP contribution >= 0.6 is 35.7 Å². The standard InChI is InChI=1S/C17H28FN3S.HI/c1-17(2,14-7-9-15(18)10-8-14)13-21-16(19-3)20-11-5-6-12-22-4;/h7-10H,5-6,11-13H2,1-4H3,(H2,19,20,21);1H. The van der Waals surface area contributed by atoms with Crippen LogP contribution in [0.25, 0.3) is 0 Å². The first-order valence-electron chi connectivity index (χ1n) is 7.69. The summed E-state index contributed by atoms with van der Waals surface area (Å²) in [4.78, 5) is 4.25. The van der Waals surface area contributed by atoms with E-state index in [4.69, 9.17) is 0 Å². The Morgan fingerprint density at radius 2 is 1.83 bits per heavy atom. The van der Waals surface area contributed by atoms with Gasteiger partial charge in [0.05, 0.1) is 0 Å². The van der Waals surface area contributed by atoms with Gasteiger partial charge in [0.2, 0.25) is 0 Å². The molecule has 1 rings (SSSR count). The molecule has 2 N–H and O–H groups in total. The maximum absolute atomic E-state index is 13.0. The monoisotopic (exact) mass is 453 g/mol. The quantitative estimate of drug-likeness (QED) is 0.270. The third-order valence-electron chi connectivity index (χ3n) is 3.61. The zero-order chi connectivity index (χ0) is 16.4. The molecule has 0 aliphatic carbocycles. The number of rotatable bonds is 8. The smallest absolute Gasteiger partial charge is 0.191 e. The van der Waals surface area contributed by atoms with E-state index in [0.29, 0.717) is 0 Å². The highest BCUT2D eigenvalue weighted by Crippen LogP contribution is 2.22. The molecule has 0 amide bonds. The summed E-state index contributed by atoms with van der Waals surface area (Å²) in [6.45, 7) is 5.94. The third-order valence-corrected chi connectivity index (χ3v) is 4.31. The molecular formula is C17H29FIN3S. The second kappa shape index (κ2) is 11.9. The fourth-order valence-electron chi connectivity index (χ4n) is 2.11. The number of nitrogens with zero attached hydrogens (tertiary/aromatic N) is 1. The minimum Gasteiger partial charge on any atom is -0.356 e. The first kappa shape index (κ1) is 22.5. The van der Waals surface area contributed by atoms with Gasteiger partial charge in [-0.3, -0.25) is 4.99 Å². The number of hydrogen-bond acceptors (Lipinski definition) is 2. The molecule has 0 aliphatic rings.